The Bertz CT molecular complexity index is 442. The van der Waals surface area contributed by atoms with E-state index in [2.05, 4.69) is 43.0 Å². The van der Waals surface area contributed by atoms with E-state index in [0.717, 1.165) is 6.54 Å². The molecule has 1 saturated heterocycles. The Balaban J connectivity index is 1.92. The molecule has 1 aliphatic rings. The standard InChI is InChI=1S/C12H19BrN4O/c1-9(7-17-5-3-2-4-6-17)16-11-10(13)12(18)15-8-14-11/h8-9H,2-7H2,1H3,(H2,14,15,16,18). The summed E-state index contributed by atoms with van der Waals surface area (Å²) in [5, 5.41) is 3.28. The molecule has 1 aliphatic heterocycles. The van der Waals surface area contributed by atoms with Crippen molar-refractivity contribution in [1.29, 1.82) is 0 Å². The van der Waals surface area contributed by atoms with Gasteiger partial charge in [0.05, 0.1) is 6.33 Å². The van der Waals surface area contributed by atoms with E-state index in [-0.39, 0.29) is 11.6 Å². The van der Waals surface area contributed by atoms with Crippen molar-refractivity contribution in [3.8, 4) is 0 Å². The summed E-state index contributed by atoms with van der Waals surface area (Å²) >= 11 is 3.25. The summed E-state index contributed by atoms with van der Waals surface area (Å²) in [6, 6.07) is 0.272. The molecule has 18 heavy (non-hydrogen) atoms. The van der Waals surface area contributed by atoms with Crippen LogP contribution in [0.25, 0.3) is 0 Å². The first-order chi connectivity index (χ1) is 8.66. The maximum Gasteiger partial charge on any atom is 0.267 e. The molecule has 0 amide bonds. The van der Waals surface area contributed by atoms with Crippen molar-refractivity contribution in [2.45, 2.75) is 32.2 Å². The monoisotopic (exact) mass is 314 g/mol. The molecule has 0 saturated carbocycles. The molecule has 0 aromatic carbocycles. The van der Waals surface area contributed by atoms with Crippen LogP contribution in [0.1, 0.15) is 26.2 Å². The first-order valence-corrected chi connectivity index (χ1v) is 7.18. The predicted molar refractivity (Wildman–Crippen MR) is 75.9 cm³/mol. The largest absolute Gasteiger partial charge is 0.365 e. The van der Waals surface area contributed by atoms with Crippen molar-refractivity contribution in [2.24, 2.45) is 0 Å². The molecule has 6 heteroatoms. The molecule has 1 aromatic heterocycles. The average Bonchev–Trinajstić information content (AvgIpc) is 2.36. The quantitative estimate of drug-likeness (QED) is 0.890. The average molecular weight is 315 g/mol. The van der Waals surface area contributed by atoms with Crippen LogP contribution in [-0.2, 0) is 0 Å². The fourth-order valence-corrected chi connectivity index (χ4v) is 2.62. The minimum Gasteiger partial charge on any atom is -0.365 e. The van der Waals surface area contributed by atoms with Gasteiger partial charge in [0.25, 0.3) is 5.56 Å². The van der Waals surface area contributed by atoms with Crippen molar-refractivity contribution < 1.29 is 0 Å². The van der Waals surface area contributed by atoms with E-state index in [4.69, 9.17) is 0 Å². The van der Waals surface area contributed by atoms with Gasteiger partial charge in [-0.25, -0.2) is 4.98 Å². The summed E-state index contributed by atoms with van der Waals surface area (Å²) in [4.78, 5) is 20.5. The Labute approximate surface area is 115 Å². The zero-order chi connectivity index (χ0) is 13.0. The normalized spacial score (nSPS) is 18.6. The van der Waals surface area contributed by atoms with Crippen LogP contribution in [0, 0.1) is 0 Å². The van der Waals surface area contributed by atoms with Gasteiger partial charge in [-0.05, 0) is 48.8 Å². The van der Waals surface area contributed by atoms with Crippen LogP contribution in [0.3, 0.4) is 0 Å². The third-order valence-electron chi connectivity index (χ3n) is 3.16. The van der Waals surface area contributed by atoms with Crippen LogP contribution in [-0.4, -0.2) is 40.5 Å². The van der Waals surface area contributed by atoms with Crippen molar-refractivity contribution in [2.75, 3.05) is 25.0 Å². The number of likely N-dealkylation sites (tertiary alicyclic amines) is 1. The lowest BCUT2D eigenvalue weighted by Gasteiger charge is -2.29. The maximum atomic E-state index is 11.4. The molecule has 100 valence electrons. The topological polar surface area (TPSA) is 61.0 Å². The molecule has 0 spiro atoms. The molecule has 0 aliphatic carbocycles. The van der Waals surface area contributed by atoms with Gasteiger partial charge in [0.1, 0.15) is 10.3 Å². The molecule has 1 unspecified atom stereocenters. The van der Waals surface area contributed by atoms with Gasteiger partial charge in [0.2, 0.25) is 0 Å². The van der Waals surface area contributed by atoms with Crippen LogP contribution in [0.2, 0.25) is 0 Å². The lowest BCUT2D eigenvalue weighted by atomic mass is 10.1. The van der Waals surface area contributed by atoms with Crippen LogP contribution >= 0.6 is 15.9 Å². The van der Waals surface area contributed by atoms with Gasteiger partial charge >= 0.3 is 0 Å². The lowest BCUT2D eigenvalue weighted by Crippen LogP contribution is -2.38. The van der Waals surface area contributed by atoms with Crippen molar-refractivity contribution in [1.82, 2.24) is 14.9 Å². The molecular weight excluding hydrogens is 296 g/mol. The van der Waals surface area contributed by atoms with Gasteiger partial charge in [-0.15, -0.1) is 0 Å². The molecule has 0 bridgehead atoms. The summed E-state index contributed by atoms with van der Waals surface area (Å²) in [6.45, 7) is 5.46. The van der Waals surface area contributed by atoms with Gasteiger partial charge in [-0.3, -0.25) is 4.79 Å². The van der Waals surface area contributed by atoms with Gasteiger partial charge in [0, 0.05) is 12.6 Å². The second kappa shape index (κ2) is 6.33. The Morgan fingerprint density at radius 2 is 2.22 bits per heavy atom. The SMILES string of the molecule is CC(CN1CCCCC1)Nc1nc[nH]c(=O)c1Br. The van der Waals surface area contributed by atoms with Gasteiger partial charge < -0.3 is 15.2 Å². The highest BCUT2D eigenvalue weighted by molar-refractivity contribution is 9.10. The smallest absolute Gasteiger partial charge is 0.267 e. The fourth-order valence-electron chi connectivity index (χ4n) is 2.29. The number of hydrogen-bond donors (Lipinski definition) is 2. The summed E-state index contributed by atoms with van der Waals surface area (Å²) in [5.74, 6) is 0.614. The molecule has 5 nitrogen and oxygen atoms in total. The minimum absolute atomic E-state index is 0.155. The highest BCUT2D eigenvalue weighted by Gasteiger charge is 2.14. The van der Waals surface area contributed by atoms with Crippen LogP contribution in [0.4, 0.5) is 5.82 Å². The highest BCUT2D eigenvalue weighted by Crippen LogP contribution is 2.15. The van der Waals surface area contributed by atoms with E-state index in [1.54, 1.807) is 0 Å². The first-order valence-electron chi connectivity index (χ1n) is 6.39. The molecule has 0 radical (unpaired) electrons. The number of aromatic nitrogens is 2. The second-order valence-corrected chi connectivity index (χ2v) is 5.59. The third-order valence-corrected chi connectivity index (χ3v) is 3.90. The van der Waals surface area contributed by atoms with Crippen molar-refractivity contribution in [3.63, 3.8) is 0 Å². The highest BCUT2D eigenvalue weighted by atomic mass is 79.9. The Kier molecular flexibility index (Phi) is 4.77. The van der Waals surface area contributed by atoms with E-state index in [1.165, 1.54) is 38.7 Å². The van der Waals surface area contributed by atoms with E-state index < -0.39 is 0 Å². The number of halogens is 1. The number of aromatic amines is 1. The minimum atomic E-state index is -0.155. The molecule has 2 N–H and O–H groups in total. The molecule has 1 atom stereocenters. The molecule has 1 fully saturated rings. The number of hydrogen-bond acceptors (Lipinski definition) is 4. The molecule has 1 aromatic rings. The summed E-state index contributed by atoms with van der Waals surface area (Å²) in [6.07, 6.45) is 5.35. The van der Waals surface area contributed by atoms with E-state index in [0.29, 0.717) is 10.3 Å². The second-order valence-electron chi connectivity index (χ2n) is 4.80. The summed E-state index contributed by atoms with van der Waals surface area (Å²) in [5.41, 5.74) is -0.155. The number of piperidine rings is 1. The summed E-state index contributed by atoms with van der Waals surface area (Å²) in [7, 11) is 0. The molecule has 2 rings (SSSR count). The zero-order valence-electron chi connectivity index (χ0n) is 10.6. The first kappa shape index (κ1) is 13.5. The summed E-state index contributed by atoms with van der Waals surface area (Å²) < 4.78 is 0.468. The third kappa shape index (κ3) is 3.55. The lowest BCUT2D eigenvalue weighted by molar-refractivity contribution is 0.223. The predicted octanol–water partition coefficient (Wildman–Crippen LogP) is 1.82. The van der Waals surface area contributed by atoms with E-state index in [1.807, 2.05) is 0 Å². The van der Waals surface area contributed by atoms with E-state index >= 15 is 0 Å². The number of nitrogens with zero attached hydrogens (tertiary/aromatic N) is 2. The number of anilines is 1. The Morgan fingerprint density at radius 1 is 1.50 bits per heavy atom. The Hall–Kier alpha value is -0.880. The molecular formula is C12H19BrN4O. The fraction of sp³-hybridized carbons (Fsp3) is 0.667. The maximum absolute atomic E-state index is 11.4. The van der Waals surface area contributed by atoms with Crippen LogP contribution in [0.15, 0.2) is 15.6 Å². The van der Waals surface area contributed by atoms with E-state index in [9.17, 15) is 4.79 Å². The van der Waals surface area contributed by atoms with Crippen molar-refractivity contribution in [3.05, 3.63) is 21.2 Å². The van der Waals surface area contributed by atoms with Crippen LogP contribution in [0.5, 0.6) is 0 Å². The van der Waals surface area contributed by atoms with Crippen molar-refractivity contribution >= 4 is 21.7 Å². The number of H-pyrrole nitrogens is 1. The van der Waals surface area contributed by atoms with Crippen LogP contribution < -0.4 is 10.9 Å². The molecule has 2 heterocycles. The number of rotatable bonds is 4. The Morgan fingerprint density at radius 3 is 2.94 bits per heavy atom. The van der Waals surface area contributed by atoms with Gasteiger partial charge in [-0.2, -0.15) is 0 Å². The number of nitrogens with one attached hydrogen (secondary N) is 2. The zero-order valence-corrected chi connectivity index (χ0v) is 12.2. The van der Waals surface area contributed by atoms with Gasteiger partial charge in [0.15, 0.2) is 0 Å². The van der Waals surface area contributed by atoms with Gasteiger partial charge in [-0.1, -0.05) is 6.42 Å².